The van der Waals surface area contributed by atoms with Crippen molar-refractivity contribution in [3.8, 4) is 0 Å². The molecule has 0 saturated carbocycles. The van der Waals surface area contributed by atoms with Gasteiger partial charge >= 0.3 is 0 Å². The molecule has 50 valence electrons. The van der Waals surface area contributed by atoms with E-state index in [2.05, 4.69) is 5.32 Å². The molecule has 0 aliphatic heterocycles. The van der Waals surface area contributed by atoms with E-state index < -0.39 is 0 Å². The summed E-state index contributed by atoms with van der Waals surface area (Å²) in [6.07, 6.45) is 0. The van der Waals surface area contributed by atoms with E-state index in [0.717, 1.165) is 13.1 Å². The lowest BCUT2D eigenvalue weighted by Crippen LogP contribution is -2.29. The summed E-state index contributed by atoms with van der Waals surface area (Å²) in [5.41, 5.74) is 7.19. The van der Waals surface area contributed by atoms with Crippen LogP contribution >= 0.6 is 0 Å². The minimum absolute atomic E-state index is 0.569. The molecule has 0 saturated heterocycles. The first-order valence-corrected chi connectivity index (χ1v) is 2.69. The second-order valence-electron chi connectivity index (χ2n) is 1.45. The highest BCUT2D eigenvalue weighted by molar-refractivity contribution is 4.45. The monoisotopic (exact) mass is 119 g/mol. The quantitative estimate of drug-likeness (QED) is 0.263. The molecular formula is C4H13N3O. The minimum Gasteiger partial charge on any atom is -0.329 e. The Hall–Kier alpha value is -0.160. The summed E-state index contributed by atoms with van der Waals surface area (Å²) in [7, 11) is 0. The maximum Gasteiger partial charge on any atom is 0.0332 e. The molecule has 0 unspecified atom stereocenters. The Bertz CT molecular complexity index is 36.3. The van der Waals surface area contributed by atoms with Crippen molar-refractivity contribution in [1.82, 2.24) is 10.8 Å². The third-order valence-corrected chi connectivity index (χ3v) is 0.735. The summed E-state index contributed by atoms with van der Waals surface area (Å²) in [4.78, 5) is 0. The molecule has 0 aliphatic rings. The summed E-state index contributed by atoms with van der Waals surface area (Å²) in [5, 5.41) is 11.0. The lowest BCUT2D eigenvalue weighted by molar-refractivity contribution is 0.167. The summed E-state index contributed by atoms with van der Waals surface area (Å²) in [5.74, 6) is 0. The fourth-order valence-electron chi connectivity index (χ4n) is 0.371. The van der Waals surface area contributed by atoms with Crippen LogP contribution in [0.5, 0.6) is 0 Å². The normalized spacial score (nSPS) is 9.75. The van der Waals surface area contributed by atoms with Crippen molar-refractivity contribution in [1.29, 1.82) is 0 Å². The first kappa shape index (κ1) is 7.84. The van der Waals surface area contributed by atoms with Crippen LogP contribution in [-0.2, 0) is 0 Å². The minimum atomic E-state index is 0.569. The molecule has 0 aromatic heterocycles. The van der Waals surface area contributed by atoms with Crippen molar-refractivity contribution in [2.75, 3.05) is 26.2 Å². The highest BCUT2D eigenvalue weighted by Gasteiger charge is 1.80. The van der Waals surface area contributed by atoms with Crippen molar-refractivity contribution in [2.45, 2.75) is 0 Å². The summed E-state index contributed by atoms with van der Waals surface area (Å²) >= 11 is 0. The molecular weight excluding hydrogens is 106 g/mol. The van der Waals surface area contributed by atoms with Gasteiger partial charge in [0.05, 0.1) is 0 Å². The highest BCUT2D eigenvalue weighted by Crippen LogP contribution is 1.52. The molecule has 0 amide bonds. The predicted octanol–water partition coefficient (Wildman–Crippen LogP) is -1.49. The molecule has 0 atom stereocenters. The van der Waals surface area contributed by atoms with Gasteiger partial charge in [-0.2, -0.15) is 0 Å². The van der Waals surface area contributed by atoms with E-state index in [1.165, 1.54) is 0 Å². The van der Waals surface area contributed by atoms with Crippen molar-refractivity contribution in [2.24, 2.45) is 5.73 Å². The molecule has 0 heterocycles. The number of hydroxylamine groups is 1. The summed E-state index contributed by atoms with van der Waals surface area (Å²) in [6, 6.07) is 0. The number of nitrogens with two attached hydrogens (primary N) is 1. The van der Waals surface area contributed by atoms with Gasteiger partial charge in [-0.3, -0.25) is 0 Å². The molecule has 0 aromatic rings. The fraction of sp³-hybridized carbons (Fsp3) is 1.00. The lowest BCUT2D eigenvalue weighted by Gasteiger charge is -1.98. The zero-order chi connectivity index (χ0) is 6.24. The first-order valence-electron chi connectivity index (χ1n) is 2.69. The predicted molar refractivity (Wildman–Crippen MR) is 31.7 cm³/mol. The number of rotatable bonds is 5. The van der Waals surface area contributed by atoms with Gasteiger partial charge in [0.1, 0.15) is 0 Å². The lowest BCUT2D eigenvalue weighted by atomic mass is 10.6. The molecule has 0 rings (SSSR count). The molecule has 0 spiro atoms. The topological polar surface area (TPSA) is 70.3 Å². The van der Waals surface area contributed by atoms with Crippen LogP contribution in [0.1, 0.15) is 0 Å². The van der Waals surface area contributed by atoms with Gasteiger partial charge in [0, 0.05) is 26.2 Å². The van der Waals surface area contributed by atoms with Gasteiger partial charge in [0.15, 0.2) is 0 Å². The molecule has 0 aromatic carbocycles. The van der Waals surface area contributed by atoms with Crippen LogP contribution in [0.4, 0.5) is 0 Å². The van der Waals surface area contributed by atoms with E-state index in [0.29, 0.717) is 13.1 Å². The van der Waals surface area contributed by atoms with Gasteiger partial charge in [-0.25, -0.2) is 5.48 Å². The van der Waals surface area contributed by atoms with Crippen molar-refractivity contribution in [3.05, 3.63) is 0 Å². The van der Waals surface area contributed by atoms with Crippen LogP contribution in [0.15, 0.2) is 0 Å². The van der Waals surface area contributed by atoms with Gasteiger partial charge in [-0.05, 0) is 0 Å². The summed E-state index contributed by atoms with van der Waals surface area (Å²) in [6.45, 7) is 2.78. The van der Waals surface area contributed by atoms with E-state index in [1.807, 2.05) is 5.48 Å². The average Bonchev–Trinajstić information content (AvgIpc) is 1.81. The summed E-state index contributed by atoms with van der Waals surface area (Å²) < 4.78 is 0. The second-order valence-corrected chi connectivity index (χ2v) is 1.45. The van der Waals surface area contributed by atoms with Crippen LogP contribution in [0.3, 0.4) is 0 Å². The van der Waals surface area contributed by atoms with Gasteiger partial charge < -0.3 is 16.3 Å². The van der Waals surface area contributed by atoms with Crippen molar-refractivity contribution in [3.63, 3.8) is 0 Å². The van der Waals surface area contributed by atoms with Gasteiger partial charge in [-0.15, -0.1) is 0 Å². The zero-order valence-corrected chi connectivity index (χ0v) is 4.85. The second kappa shape index (κ2) is 6.84. The van der Waals surface area contributed by atoms with E-state index >= 15 is 0 Å². The van der Waals surface area contributed by atoms with Crippen LogP contribution in [0.2, 0.25) is 0 Å². The Balaban J connectivity index is 2.53. The Kier molecular flexibility index (Phi) is 6.70. The Morgan fingerprint density at radius 2 is 2.00 bits per heavy atom. The van der Waals surface area contributed by atoms with E-state index in [-0.39, 0.29) is 0 Å². The number of hydrogen-bond acceptors (Lipinski definition) is 4. The van der Waals surface area contributed by atoms with Crippen LogP contribution in [0, 0.1) is 0 Å². The van der Waals surface area contributed by atoms with Crippen LogP contribution in [-0.4, -0.2) is 31.4 Å². The number of nitrogens with one attached hydrogen (secondary N) is 2. The Morgan fingerprint density at radius 3 is 2.50 bits per heavy atom. The van der Waals surface area contributed by atoms with Crippen LogP contribution < -0.4 is 16.5 Å². The maximum absolute atomic E-state index is 8.04. The van der Waals surface area contributed by atoms with Crippen molar-refractivity contribution >= 4 is 0 Å². The third-order valence-electron chi connectivity index (χ3n) is 0.735. The third kappa shape index (κ3) is 5.84. The maximum atomic E-state index is 8.04. The van der Waals surface area contributed by atoms with Crippen molar-refractivity contribution < 1.29 is 5.21 Å². The molecule has 5 N–H and O–H groups in total. The van der Waals surface area contributed by atoms with E-state index in [9.17, 15) is 0 Å². The molecule has 0 radical (unpaired) electrons. The van der Waals surface area contributed by atoms with E-state index in [4.69, 9.17) is 10.9 Å². The van der Waals surface area contributed by atoms with Crippen LogP contribution in [0.25, 0.3) is 0 Å². The van der Waals surface area contributed by atoms with E-state index in [1.54, 1.807) is 0 Å². The first-order chi connectivity index (χ1) is 3.91. The average molecular weight is 119 g/mol. The fourth-order valence-corrected chi connectivity index (χ4v) is 0.371. The van der Waals surface area contributed by atoms with Gasteiger partial charge in [0.2, 0.25) is 0 Å². The standard InChI is InChI=1S/C4H13N3O/c5-1-2-6-3-4-7-8/h6-8H,1-5H2. The Morgan fingerprint density at radius 1 is 1.25 bits per heavy atom. The highest BCUT2D eigenvalue weighted by atomic mass is 16.5. The molecule has 0 aliphatic carbocycles. The smallest absolute Gasteiger partial charge is 0.0332 e. The molecule has 4 nitrogen and oxygen atoms in total. The van der Waals surface area contributed by atoms with Gasteiger partial charge in [-0.1, -0.05) is 0 Å². The molecule has 0 fully saturated rings. The zero-order valence-electron chi connectivity index (χ0n) is 4.85. The molecule has 8 heavy (non-hydrogen) atoms. The number of hydrogen-bond donors (Lipinski definition) is 4. The molecule has 4 heteroatoms. The largest absolute Gasteiger partial charge is 0.329 e. The Labute approximate surface area is 49.0 Å². The molecule has 0 bridgehead atoms. The SMILES string of the molecule is NCCNCCNO. The van der Waals surface area contributed by atoms with Gasteiger partial charge in [0.25, 0.3) is 0 Å².